The summed E-state index contributed by atoms with van der Waals surface area (Å²) >= 11 is 1.77. The van der Waals surface area contributed by atoms with E-state index >= 15 is 0 Å². The third-order valence-electron chi connectivity index (χ3n) is 6.69. The van der Waals surface area contributed by atoms with Crippen LogP contribution in [0.3, 0.4) is 0 Å². The largest absolute Gasteiger partial charge is 0.398 e. The van der Waals surface area contributed by atoms with Gasteiger partial charge >= 0.3 is 0 Å². The van der Waals surface area contributed by atoms with Crippen molar-refractivity contribution >= 4 is 39.2 Å². The number of aromatic amines is 1. The van der Waals surface area contributed by atoms with Crippen molar-refractivity contribution in [2.75, 3.05) is 12.8 Å². The van der Waals surface area contributed by atoms with E-state index in [1.54, 1.807) is 17.5 Å². The molecule has 6 heteroatoms. The summed E-state index contributed by atoms with van der Waals surface area (Å²) in [4.78, 5) is 8.07. The fourth-order valence-corrected chi connectivity index (χ4v) is 5.82. The number of hydrogen-bond donors (Lipinski definition) is 4. The molecule has 2 aromatic carbocycles. The minimum absolute atomic E-state index is 0.0256. The SMILES string of the molecule is C=CN/C=C1\C=C(/C)N(C)C(C=C)c2ccc(s2)-c2cccc3[nH]c(cc23)C(=N)c2cc1ccc2N. The molecule has 0 amide bonds. The van der Waals surface area contributed by atoms with E-state index in [-0.39, 0.29) is 6.04 Å². The summed E-state index contributed by atoms with van der Waals surface area (Å²) < 4.78 is 0. The van der Waals surface area contributed by atoms with Crippen molar-refractivity contribution in [2.24, 2.45) is 0 Å². The van der Waals surface area contributed by atoms with Crippen molar-refractivity contribution in [1.29, 1.82) is 5.41 Å². The van der Waals surface area contributed by atoms with E-state index < -0.39 is 0 Å². The lowest BCUT2D eigenvalue weighted by Crippen LogP contribution is -2.20. The minimum Gasteiger partial charge on any atom is -0.398 e. The molecule has 5 N–H and O–H groups in total. The standard InChI is InChI=1S/C30H29N5S/c1-5-27-29-13-12-28(36-29)21-8-7-9-25-22(21)16-26(34-25)30(32)23-15-19(10-11-24(23)31)20(17-33-6-2)14-18(3)35(27)4/h5-17,27,32-34H,1-2,31H2,3-4H3/b18-14+,20-17+,32-30?. The van der Waals surface area contributed by atoms with Gasteiger partial charge in [0.1, 0.15) is 0 Å². The summed E-state index contributed by atoms with van der Waals surface area (Å²) in [6.45, 7) is 10.0. The lowest BCUT2D eigenvalue weighted by molar-refractivity contribution is 0.366. The van der Waals surface area contributed by atoms with E-state index in [4.69, 9.17) is 11.1 Å². The molecule has 0 aliphatic carbocycles. The van der Waals surface area contributed by atoms with Gasteiger partial charge in [-0.05, 0) is 66.7 Å². The van der Waals surface area contributed by atoms with Gasteiger partial charge in [-0.3, -0.25) is 5.41 Å². The summed E-state index contributed by atoms with van der Waals surface area (Å²) in [6, 6.07) is 18.5. The van der Waals surface area contributed by atoms with Gasteiger partial charge in [0.25, 0.3) is 0 Å². The van der Waals surface area contributed by atoms with Crippen molar-refractivity contribution in [2.45, 2.75) is 13.0 Å². The molecule has 0 radical (unpaired) electrons. The second-order valence-electron chi connectivity index (χ2n) is 8.88. The van der Waals surface area contributed by atoms with Gasteiger partial charge in [-0.1, -0.05) is 30.9 Å². The van der Waals surface area contributed by atoms with E-state index in [0.29, 0.717) is 17.0 Å². The normalized spacial score (nSPS) is 18.3. The van der Waals surface area contributed by atoms with Crippen LogP contribution in [0.4, 0.5) is 5.69 Å². The number of nitrogen functional groups attached to an aromatic ring is 1. The fraction of sp³-hybridized carbons (Fsp3) is 0.100. The third kappa shape index (κ3) is 4.06. The first-order valence-corrected chi connectivity index (χ1v) is 12.5. The molecule has 0 fully saturated rings. The average Bonchev–Trinajstić information content (AvgIpc) is 3.54. The molecule has 1 atom stereocenters. The van der Waals surface area contributed by atoms with Crippen LogP contribution in [0.15, 0.2) is 98.0 Å². The lowest BCUT2D eigenvalue weighted by atomic mass is 9.97. The lowest BCUT2D eigenvalue weighted by Gasteiger charge is -2.28. The molecule has 5 rings (SSSR count). The zero-order valence-corrected chi connectivity index (χ0v) is 21.2. The third-order valence-corrected chi connectivity index (χ3v) is 7.88. The van der Waals surface area contributed by atoms with E-state index in [1.807, 2.05) is 36.5 Å². The molecule has 6 bridgehead atoms. The monoisotopic (exact) mass is 491 g/mol. The number of H-pyrrole nitrogens is 1. The molecule has 5 nitrogen and oxygen atoms in total. The topological polar surface area (TPSA) is 80.9 Å². The highest BCUT2D eigenvalue weighted by Gasteiger charge is 2.20. The number of nitrogens with zero attached hydrogens (tertiary/aromatic N) is 1. The van der Waals surface area contributed by atoms with Gasteiger partial charge in [0, 0.05) is 56.4 Å². The Hall–Kier alpha value is -4.29. The summed E-state index contributed by atoms with van der Waals surface area (Å²) in [5.41, 5.74) is 13.8. The van der Waals surface area contributed by atoms with Crippen LogP contribution in [0.2, 0.25) is 0 Å². The Morgan fingerprint density at radius 2 is 1.94 bits per heavy atom. The van der Waals surface area contributed by atoms with Gasteiger partial charge in [0.05, 0.1) is 17.4 Å². The van der Waals surface area contributed by atoms with Crippen LogP contribution in [-0.2, 0) is 0 Å². The molecule has 0 saturated carbocycles. The zero-order valence-electron chi connectivity index (χ0n) is 20.4. The molecule has 1 unspecified atom stereocenters. The number of nitrogens with one attached hydrogen (secondary N) is 3. The first-order chi connectivity index (χ1) is 17.4. The molecule has 4 aromatic rings. The Labute approximate surface area is 215 Å². The number of thiophene rings is 1. The number of hydrogen-bond acceptors (Lipinski definition) is 5. The molecule has 1 aliphatic rings. The Balaban J connectivity index is 1.79. The fourth-order valence-electron chi connectivity index (χ4n) is 4.63. The quantitative estimate of drug-likeness (QED) is 0.183. The van der Waals surface area contributed by atoms with Crippen LogP contribution in [0.25, 0.3) is 26.9 Å². The van der Waals surface area contributed by atoms with Gasteiger partial charge < -0.3 is 20.9 Å². The van der Waals surface area contributed by atoms with E-state index in [9.17, 15) is 0 Å². The predicted molar refractivity (Wildman–Crippen MR) is 154 cm³/mol. The highest BCUT2D eigenvalue weighted by atomic mass is 32.1. The molecular weight excluding hydrogens is 462 g/mol. The van der Waals surface area contributed by atoms with Crippen LogP contribution in [0.5, 0.6) is 0 Å². The van der Waals surface area contributed by atoms with Crippen molar-refractivity contribution in [3.05, 3.63) is 120 Å². The van der Waals surface area contributed by atoms with Gasteiger partial charge in [0.2, 0.25) is 0 Å². The average molecular weight is 492 g/mol. The van der Waals surface area contributed by atoms with Crippen LogP contribution in [-0.4, -0.2) is 22.6 Å². The van der Waals surface area contributed by atoms with Crippen molar-refractivity contribution in [1.82, 2.24) is 15.2 Å². The smallest absolute Gasteiger partial charge is 0.0868 e. The van der Waals surface area contributed by atoms with Crippen molar-refractivity contribution in [3.63, 3.8) is 0 Å². The summed E-state index contributed by atoms with van der Waals surface area (Å²) in [5.74, 6) is 0. The van der Waals surface area contributed by atoms with Crippen molar-refractivity contribution < 1.29 is 0 Å². The number of fused-ring (bicyclic) bond motifs is 6. The summed E-state index contributed by atoms with van der Waals surface area (Å²) in [6.07, 6.45) is 7.66. The van der Waals surface area contributed by atoms with Gasteiger partial charge in [-0.25, -0.2) is 0 Å². The minimum atomic E-state index is 0.0256. The first kappa shape index (κ1) is 23.5. The van der Waals surface area contributed by atoms with Crippen LogP contribution < -0.4 is 11.1 Å². The highest BCUT2D eigenvalue weighted by Crippen LogP contribution is 2.39. The molecule has 1 aliphatic heterocycles. The number of allylic oxidation sites excluding steroid dienone is 3. The molecule has 0 saturated heterocycles. The summed E-state index contributed by atoms with van der Waals surface area (Å²) in [7, 11) is 2.09. The Kier molecular flexibility index (Phi) is 6.12. The second-order valence-corrected chi connectivity index (χ2v) is 9.99. The zero-order chi connectivity index (χ0) is 25.4. The Bertz CT molecular complexity index is 1570. The maximum Gasteiger partial charge on any atom is 0.0868 e. The number of likely N-dealkylation sites (N-methyl/N-ethyl adjacent to an activating group) is 1. The molecular formula is C30H29N5S. The molecule has 3 heterocycles. The molecule has 0 spiro atoms. The van der Waals surface area contributed by atoms with Gasteiger partial charge in [-0.15, -0.1) is 17.9 Å². The first-order valence-electron chi connectivity index (χ1n) is 11.7. The van der Waals surface area contributed by atoms with Gasteiger partial charge in [0.15, 0.2) is 0 Å². The number of anilines is 1. The predicted octanol–water partition coefficient (Wildman–Crippen LogP) is 7.05. The number of aromatic nitrogens is 1. The maximum atomic E-state index is 9.04. The molecule has 36 heavy (non-hydrogen) atoms. The highest BCUT2D eigenvalue weighted by molar-refractivity contribution is 7.15. The van der Waals surface area contributed by atoms with Crippen molar-refractivity contribution in [3.8, 4) is 10.4 Å². The van der Waals surface area contributed by atoms with E-state index in [0.717, 1.165) is 39.0 Å². The maximum absolute atomic E-state index is 9.04. The summed E-state index contributed by atoms with van der Waals surface area (Å²) in [5, 5.41) is 13.2. The number of benzene rings is 2. The van der Waals surface area contributed by atoms with E-state index in [1.165, 1.54) is 9.75 Å². The van der Waals surface area contributed by atoms with Crippen LogP contribution in [0.1, 0.15) is 34.7 Å². The number of nitrogens with two attached hydrogens (primary N) is 1. The second kappa shape index (κ2) is 9.40. The Morgan fingerprint density at radius 3 is 2.72 bits per heavy atom. The van der Waals surface area contributed by atoms with E-state index in [2.05, 4.69) is 78.7 Å². The van der Waals surface area contributed by atoms with Gasteiger partial charge in [-0.2, -0.15) is 0 Å². The van der Waals surface area contributed by atoms with Crippen LogP contribution >= 0.6 is 11.3 Å². The number of rotatable bonds is 3. The molecule has 180 valence electrons. The molecule has 2 aromatic heterocycles. The Morgan fingerprint density at radius 1 is 1.11 bits per heavy atom. The van der Waals surface area contributed by atoms with Crippen LogP contribution in [0, 0.1) is 5.41 Å².